The van der Waals surface area contributed by atoms with Crippen molar-refractivity contribution in [1.82, 2.24) is 0 Å². The number of esters is 1. The van der Waals surface area contributed by atoms with Gasteiger partial charge in [-0.3, -0.25) is 0 Å². The molecule has 2 aliphatic rings. The van der Waals surface area contributed by atoms with Gasteiger partial charge in [-0.15, -0.1) is 0 Å². The molecule has 192 valence electrons. The third-order valence-electron chi connectivity index (χ3n) is 7.28. The van der Waals surface area contributed by atoms with Crippen molar-refractivity contribution in [2.45, 2.75) is 26.4 Å². The van der Waals surface area contributed by atoms with Gasteiger partial charge in [-0.2, -0.15) is 0 Å². The van der Waals surface area contributed by atoms with Gasteiger partial charge in [0.25, 0.3) is 0 Å². The number of hydrogen-bond donors (Lipinski definition) is 1. The molecular formula is C32H30N2O4. The first-order valence-electron chi connectivity index (χ1n) is 13.1. The minimum absolute atomic E-state index is 0.336. The Morgan fingerprint density at radius 3 is 2.32 bits per heavy atom. The number of anilines is 3. The van der Waals surface area contributed by atoms with E-state index < -0.39 is 5.60 Å². The number of fused-ring (bicyclic) bond motifs is 6. The Balaban J connectivity index is 1.48. The zero-order valence-corrected chi connectivity index (χ0v) is 21.8. The topological polar surface area (TPSA) is 60.0 Å². The molecule has 0 aliphatic carbocycles. The highest BCUT2D eigenvalue weighted by Gasteiger charge is 2.53. The van der Waals surface area contributed by atoms with Crippen LogP contribution in [0.2, 0.25) is 0 Å². The lowest BCUT2D eigenvalue weighted by Gasteiger charge is -2.37. The van der Waals surface area contributed by atoms with Crippen LogP contribution in [-0.4, -0.2) is 25.7 Å². The maximum atomic E-state index is 13.2. The van der Waals surface area contributed by atoms with Gasteiger partial charge in [0.15, 0.2) is 5.60 Å². The Hall–Kier alpha value is -4.45. The van der Waals surface area contributed by atoms with E-state index in [1.807, 2.05) is 85.8 Å². The molecule has 4 aromatic carbocycles. The van der Waals surface area contributed by atoms with Crippen molar-refractivity contribution >= 4 is 23.0 Å². The molecule has 2 aliphatic heterocycles. The lowest BCUT2D eigenvalue weighted by molar-refractivity contribution is 0.0224. The van der Waals surface area contributed by atoms with Crippen LogP contribution in [0, 0.1) is 0 Å². The summed E-state index contributed by atoms with van der Waals surface area (Å²) in [5.74, 6) is 1.85. The Morgan fingerprint density at radius 2 is 1.55 bits per heavy atom. The Morgan fingerprint density at radius 1 is 0.789 bits per heavy atom. The number of rotatable bonds is 7. The van der Waals surface area contributed by atoms with Gasteiger partial charge in [0, 0.05) is 52.9 Å². The van der Waals surface area contributed by atoms with Crippen LogP contribution in [-0.2, 0) is 10.3 Å². The van der Waals surface area contributed by atoms with Crippen molar-refractivity contribution in [3.05, 3.63) is 107 Å². The summed E-state index contributed by atoms with van der Waals surface area (Å²) in [5, 5.41) is 3.47. The predicted octanol–water partition coefficient (Wildman–Crippen LogP) is 7.24. The summed E-state index contributed by atoms with van der Waals surface area (Å²) in [7, 11) is 0. The smallest absolute Gasteiger partial charge is 0.340 e. The molecule has 1 spiro atoms. The van der Waals surface area contributed by atoms with E-state index in [0.717, 1.165) is 52.6 Å². The highest BCUT2D eigenvalue weighted by atomic mass is 16.6. The maximum Gasteiger partial charge on any atom is 0.340 e. The molecule has 4 aromatic rings. The van der Waals surface area contributed by atoms with Crippen LogP contribution < -0.4 is 19.7 Å². The van der Waals surface area contributed by atoms with Crippen LogP contribution in [0.5, 0.6) is 17.2 Å². The van der Waals surface area contributed by atoms with Crippen molar-refractivity contribution in [2.24, 2.45) is 0 Å². The number of benzene rings is 4. The maximum absolute atomic E-state index is 13.2. The van der Waals surface area contributed by atoms with Gasteiger partial charge >= 0.3 is 5.97 Å². The van der Waals surface area contributed by atoms with Crippen molar-refractivity contribution in [1.29, 1.82) is 0 Å². The normalized spacial score (nSPS) is 16.7. The molecule has 6 rings (SSSR count). The number of ether oxygens (including phenoxy) is 3. The monoisotopic (exact) mass is 506 g/mol. The predicted molar refractivity (Wildman–Crippen MR) is 149 cm³/mol. The van der Waals surface area contributed by atoms with Gasteiger partial charge in [-0.25, -0.2) is 4.79 Å². The number of nitrogens with one attached hydrogen (secondary N) is 1. The van der Waals surface area contributed by atoms with E-state index in [2.05, 4.69) is 30.1 Å². The van der Waals surface area contributed by atoms with Crippen LogP contribution in [0.4, 0.5) is 17.1 Å². The number of hydrogen-bond acceptors (Lipinski definition) is 6. The molecule has 0 saturated carbocycles. The average molecular weight is 507 g/mol. The Labute approximate surface area is 222 Å². The fourth-order valence-electron chi connectivity index (χ4n) is 5.49. The second-order valence-electron chi connectivity index (χ2n) is 9.36. The first-order chi connectivity index (χ1) is 18.6. The molecule has 0 radical (unpaired) electrons. The average Bonchev–Trinajstić information content (AvgIpc) is 3.24. The molecule has 38 heavy (non-hydrogen) atoms. The van der Waals surface area contributed by atoms with E-state index in [0.29, 0.717) is 23.7 Å². The van der Waals surface area contributed by atoms with Gasteiger partial charge in [0.1, 0.15) is 17.2 Å². The largest absolute Gasteiger partial charge is 0.494 e. The summed E-state index contributed by atoms with van der Waals surface area (Å²) in [6.45, 7) is 8.62. The quantitative estimate of drug-likeness (QED) is 0.267. The van der Waals surface area contributed by atoms with E-state index in [4.69, 9.17) is 14.2 Å². The number of carbonyl (C=O) groups excluding carboxylic acids is 1. The molecule has 1 N–H and O–H groups in total. The van der Waals surface area contributed by atoms with Crippen LogP contribution in [0.3, 0.4) is 0 Å². The molecular weight excluding hydrogens is 476 g/mol. The van der Waals surface area contributed by atoms with Crippen molar-refractivity contribution in [2.75, 3.05) is 29.9 Å². The molecule has 0 aromatic heterocycles. The van der Waals surface area contributed by atoms with E-state index in [1.54, 1.807) is 0 Å². The second kappa shape index (κ2) is 9.45. The molecule has 2 heterocycles. The first kappa shape index (κ1) is 23.9. The highest BCUT2D eigenvalue weighted by molar-refractivity contribution is 5.97. The molecule has 6 heteroatoms. The first-order valence-corrected chi connectivity index (χ1v) is 13.1. The molecule has 1 unspecified atom stereocenters. The van der Waals surface area contributed by atoms with Gasteiger partial charge < -0.3 is 24.4 Å². The number of nitrogens with zero attached hydrogens (tertiary/aromatic N) is 1. The fraction of sp³-hybridized carbons (Fsp3) is 0.219. The van der Waals surface area contributed by atoms with Gasteiger partial charge in [-0.05, 0) is 81.4 Å². The lowest BCUT2D eigenvalue weighted by atomic mass is 9.77. The molecule has 0 saturated heterocycles. The fourth-order valence-corrected chi connectivity index (χ4v) is 5.49. The lowest BCUT2D eigenvalue weighted by Crippen LogP contribution is -2.33. The summed E-state index contributed by atoms with van der Waals surface area (Å²) in [6, 6.07) is 27.6. The standard InChI is InChI=1S/C32H30N2O4/c1-4-34(5-2)23-14-17-27-30(20-23)37-29-18-13-22(33-21-11-15-24(16-12-21)36-6-3)19-28(29)32(27)26-10-8-7-9-25(26)31(35)38-32/h7-20,33H,4-6H2,1-3H3. The second-order valence-corrected chi connectivity index (χ2v) is 9.36. The summed E-state index contributed by atoms with van der Waals surface area (Å²) < 4.78 is 18.4. The van der Waals surface area contributed by atoms with E-state index in [-0.39, 0.29) is 5.97 Å². The van der Waals surface area contributed by atoms with Gasteiger partial charge in [0.2, 0.25) is 0 Å². The zero-order valence-electron chi connectivity index (χ0n) is 21.8. The molecule has 0 fully saturated rings. The van der Waals surface area contributed by atoms with Crippen LogP contribution >= 0.6 is 0 Å². The summed E-state index contributed by atoms with van der Waals surface area (Å²) >= 11 is 0. The van der Waals surface area contributed by atoms with Crippen LogP contribution in [0.25, 0.3) is 0 Å². The molecule has 1 atom stereocenters. The highest BCUT2D eigenvalue weighted by Crippen LogP contribution is 2.57. The van der Waals surface area contributed by atoms with Crippen molar-refractivity contribution in [3.63, 3.8) is 0 Å². The zero-order chi connectivity index (χ0) is 26.3. The minimum Gasteiger partial charge on any atom is -0.494 e. The third-order valence-corrected chi connectivity index (χ3v) is 7.28. The van der Waals surface area contributed by atoms with Gasteiger partial charge in [0.05, 0.1) is 12.2 Å². The van der Waals surface area contributed by atoms with Crippen molar-refractivity contribution in [3.8, 4) is 17.2 Å². The summed E-state index contributed by atoms with van der Waals surface area (Å²) in [4.78, 5) is 15.5. The third kappa shape index (κ3) is 3.76. The van der Waals surface area contributed by atoms with Crippen LogP contribution in [0.15, 0.2) is 84.9 Å². The molecule has 6 nitrogen and oxygen atoms in total. The van der Waals surface area contributed by atoms with E-state index in [1.165, 1.54) is 0 Å². The Kier molecular flexibility index (Phi) is 5.95. The number of carbonyl (C=O) groups is 1. The van der Waals surface area contributed by atoms with E-state index >= 15 is 0 Å². The minimum atomic E-state index is -1.10. The van der Waals surface area contributed by atoms with Crippen molar-refractivity contribution < 1.29 is 19.0 Å². The molecule has 0 bridgehead atoms. The SMILES string of the molecule is CCOc1ccc(Nc2ccc3c(c2)C2(OC(=O)c4ccccc42)c2ccc(N(CC)CC)cc2O3)cc1. The van der Waals surface area contributed by atoms with Crippen LogP contribution in [0.1, 0.15) is 47.8 Å². The van der Waals surface area contributed by atoms with E-state index in [9.17, 15) is 4.79 Å². The summed E-state index contributed by atoms with van der Waals surface area (Å²) in [6.07, 6.45) is 0. The summed E-state index contributed by atoms with van der Waals surface area (Å²) in [5.41, 5.74) is 4.75. The molecule has 0 amide bonds. The van der Waals surface area contributed by atoms with Gasteiger partial charge in [-0.1, -0.05) is 18.2 Å². The Bertz CT molecular complexity index is 1510.